The lowest BCUT2D eigenvalue weighted by molar-refractivity contribution is 0.0943. The fraction of sp³-hybridized carbons (Fsp3) is 0.417. The number of ether oxygens (including phenoxy) is 1. The van der Waals surface area contributed by atoms with Gasteiger partial charge in [-0.1, -0.05) is 0 Å². The maximum Gasteiger partial charge on any atom is 0.251 e. The third-order valence-electron chi connectivity index (χ3n) is 2.22. The van der Waals surface area contributed by atoms with Crippen molar-refractivity contribution in [3.8, 4) is 0 Å². The van der Waals surface area contributed by atoms with Crippen molar-refractivity contribution in [2.45, 2.75) is 6.42 Å². The van der Waals surface area contributed by atoms with Crippen molar-refractivity contribution >= 4 is 17.5 Å². The van der Waals surface area contributed by atoms with E-state index in [2.05, 4.69) is 5.32 Å². The predicted octanol–water partition coefficient (Wildman–Crippen LogP) is 2.48. The number of amides is 1. The molecule has 0 saturated carbocycles. The van der Waals surface area contributed by atoms with E-state index in [-0.39, 0.29) is 12.1 Å². The lowest BCUT2D eigenvalue weighted by Gasteiger charge is -2.06. The van der Waals surface area contributed by atoms with Crippen LogP contribution in [0.25, 0.3) is 0 Å². The van der Waals surface area contributed by atoms with Crippen LogP contribution in [0.1, 0.15) is 16.8 Å². The smallest absolute Gasteiger partial charge is 0.251 e. The van der Waals surface area contributed by atoms with Crippen molar-refractivity contribution in [3.05, 3.63) is 35.1 Å². The molecule has 1 amide bonds. The first-order valence-corrected chi connectivity index (χ1v) is 6.16. The summed E-state index contributed by atoms with van der Waals surface area (Å²) in [4.78, 5) is 11.5. The molecule has 1 N–H and O–H groups in total. The Morgan fingerprint density at radius 3 is 2.42 bits per heavy atom. The molecular weight excluding hydrogens is 283 g/mol. The molecule has 7 heteroatoms. The van der Waals surface area contributed by atoms with Gasteiger partial charge in [-0.2, -0.15) is 0 Å². The zero-order valence-corrected chi connectivity index (χ0v) is 10.8. The summed E-state index contributed by atoms with van der Waals surface area (Å²) >= 11 is 5.39. The Morgan fingerprint density at radius 1 is 1.21 bits per heavy atom. The van der Waals surface area contributed by atoms with E-state index in [0.717, 1.165) is 0 Å². The monoisotopic (exact) mass is 295 g/mol. The summed E-state index contributed by atoms with van der Waals surface area (Å²) in [5, 5.41) is 2.44. The molecule has 19 heavy (non-hydrogen) atoms. The molecule has 0 aliphatic heterocycles. The molecule has 0 aliphatic rings. The van der Waals surface area contributed by atoms with Gasteiger partial charge < -0.3 is 10.1 Å². The fourth-order valence-electron chi connectivity index (χ4n) is 1.32. The van der Waals surface area contributed by atoms with Crippen molar-refractivity contribution in [3.63, 3.8) is 0 Å². The van der Waals surface area contributed by atoms with Crippen LogP contribution in [0, 0.1) is 17.5 Å². The van der Waals surface area contributed by atoms with Crippen molar-refractivity contribution in [2.24, 2.45) is 0 Å². The maximum absolute atomic E-state index is 12.9. The molecule has 0 saturated heterocycles. The molecule has 0 atom stereocenters. The highest BCUT2D eigenvalue weighted by atomic mass is 35.5. The summed E-state index contributed by atoms with van der Waals surface area (Å²) in [6.07, 6.45) is 0.536. The fourth-order valence-corrected chi connectivity index (χ4v) is 1.43. The number of nitrogens with one attached hydrogen (secondary N) is 1. The molecule has 1 aromatic rings. The van der Waals surface area contributed by atoms with Crippen LogP contribution in [0.15, 0.2) is 12.1 Å². The number of carbonyl (C=O) groups excluding carboxylic acids is 1. The molecule has 0 fully saturated rings. The number of hydrogen-bond donors (Lipinski definition) is 1. The average Bonchev–Trinajstić information content (AvgIpc) is 2.39. The Kier molecular flexibility index (Phi) is 6.66. The summed E-state index contributed by atoms with van der Waals surface area (Å²) in [5.41, 5.74) is -0.266. The number of hydrogen-bond acceptors (Lipinski definition) is 2. The number of halogens is 4. The molecule has 106 valence electrons. The van der Waals surface area contributed by atoms with Gasteiger partial charge in [-0.05, 0) is 18.6 Å². The van der Waals surface area contributed by atoms with Crippen molar-refractivity contribution < 1.29 is 22.7 Å². The summed E-state index contributed by atoms with van der Waals surface area (Å²) in [6, 6.07) is 1.30. The van der Waals surface area contributed by atoms with Crippen LogP contribution in [0.2, 0.25) is 0 Å². The van der Waals surface area contributed by atoms with Crippen LogP contribution in [-0.2, 0) is 4.74 Å². The van der Waals surface area contributed by atoms with E-state index in [9.17, 15) is 18.0 Å². The third kappa shape index (κ3) is 5.08. The number of carbonyl (C=O) groups is 1. The van der Waals surface area contributed by atoms with Crippen LogP contribution >= 0.6 is 11.6 Å². The van der Waals surface area contributed by atoms with Gasteiger partial charge in [0.25, 0.3) is 5.91 Å². The highest BCUT2D eigenvalue weighted by Gasteiger charge is 2.14. The maximum atomic E-state index is 12.9. The normalized spacial score (nSPS) is 10.5. The Bertz CT molecular complexity index is 420. The standard InChI is InChI=1S/C12H13ClF3NO2/c13-2-5-19-4-1-3-17-12(18)8-6-9(14)11(16)10(15)7-8/h6-7H,1-5H2,(H,17,18). The van der Waals surface area contributed by atoms with Gasteiger partial charge in [0.05, 0.1) is 6.61 Å². The average molecular weight is 296 g/mol. The van der Waals surface area contributed by atoms with Gasteiger partial charge in [0.2, 0.25) is 0 Å². The molecule has 3 nitrogen and oxygen atoms in total. The van der Waals surface area contributed by atoms with E-state index < -0.39 is 23.4 Å². The lowest BCUT2D eigenvalue weighted by Crippen LogP contribution is -2.25. The summed E-state index contributed by atoms with van der Waals surface area (Å²) < 4.78 is 43.6. The third-order valence-corrected chi connectivity index (χ3v) is 2.37. The van der Waals surface area contributed by atoms with Gasteiger partial charge >= 0.3 is 0 Å². The van der Waals surface area contributed by atoms with Gasteiger partial charge in [-0.3, -0.25) is 4.79 Å². The van der Waals surface area contributed by atoms with Crippen LogP contribution in [-0.4, -0.2) is 31.5 Å². The second-order valence-corrected chi connectivity index (χ2v) is 4.04. The Morgan fingerprint density at radius 2 is 1.84 bits per heavy atom. The molecule has 0 unspecified atom stereocenters. The zero-order valence-electron chi connectivity index (χ0n) is 10.0. The quantitative estimate of drug-likeness (QED) is 0.477. The van der Waals surface area contributed by atoms with Gasteiger partial charge in [0.1, 0.15) is 0 Å². The van der Waals surface area contributed by atoms with Gasteiger partial charge in [0, 0.05) is 24.6 Å². The Labute approximate surface area is 113 Å². The minimum absolute atomic E-state index is 0.266. The lowest BCUT2D eigenvalue weighted by atomic mass is 10.2. The second kappa shape index (κ2) is 8.01. The van der Waals surface area contributed by atoms with Gasteiger partial charge in [-0.25, -0.2) is 13.2 Å². The minimum atomic E-state index is -1.59. The number of rotatable bonds is 7. The second-order valence-electron chi connectivity index (χ2n) is 3.66. The van der Waals surface area contributed by atoms with Crippen LogP contribution in [0.5, 0.6) is 0 Å². The molecule has 0 radical (unpaired) electrons. The molecule has 0 bridgehead atoms. The predicted molar refractivity (Wildman–Crippen MR) is 64.8 cm³/mol. The van der Waals surface area contributed by atoms with E-state index in [1.54, 1.807) is 0 Å². The first-order chi connectivity index (χ1) is 9.06. The van der Waals surface area contributed by atoms with E-state index in [1.807, 2.05) is 0 Å². The molecule has 1 aromatic carbocycles. The Hall–Kier alpha value is -1.27. The van der Waals surface area contributed by atoms with Crippen LogP contribution in [0.4, 0.5) is 13.2 Å². The number of benzene rings is 1. The van der Waals surface area contributed by atoms with Crippen molar-refractivity contribution in [1.29, 1.82) is 0 Å². The van der Waals surface area contributed by atoms with Crippen LogP contribution in [0.3, 0.4) is 0 Å². The topological polar surface area (TPSA) is 38.3 Å². The van der Waals surface area contributed by atoms with E-state index >= 15 is 0 Å². The van der Waals surface area contributed by atoms with E-state index in [4.69, 9.17) is 16.3 Å². The molecule has 0 aliphatic carbocycles. The summed E-state index contributed by atoms with van der Waals surface area (Å²) in [5.74, 6) is -4.66. The molecule has 1 rings (SSSR count). The minimum Gasteiger partial charge on any atom is -0.380 e. The Balaban J connectivity index is 2.42. The first-order valence-electron chi connectivity index (χ1n) is 5.62. The first kappa shape index (κ1) is 15.8. The molecule has 0 spiro atoms. The van der Waals surface area contributed by atoms with Gasteiger partial charge in [-0.15, -0.1) is 11.6 Å². The van der Waals surface area contributed by atoms with E-state index in [0.29, 0.717) is 37.6 Å². The summed E-state index contributed by atoms with van der Waals surface area (Å²) in [6.45, 7) is 1.12. The van der Waals surface area contributed by atoms with Gasteiger partial charge in [0.15, 0.2) is 17.5 Å². The zero-order chi connectivity index (χ0) is 14.3. The molecule has 0 aromatic heterocycles. The number of alkyl halides is 1. The summed E-state index contributed by atoms with van der Waals surface area (Å²) in [7, 11) is 0. The largest absolute Gasteiger partial charge is 0.380 e. The highest BCUT2D eigenvalue weighted by molar-refractivity contribution is 6.17. The van der Waals surface area contributed by atoms with E-state index in [1.165, 1.54) is 0 Å². The van der Waals surface area contributed by atoms with Crippen molar-refractivity contribution in [2.75, 3.05) is 25.6 Å². The SMILES string of the molecule is O=C(NCCCOCCCl)c1cc(F)c(F)c(F)c1. The molecular formula is C12H13ClF3NO2. The van der Waals surface area contributed by atoms with Crippen molar-refractivity contribution in [1.82, 2.24) is 5.32 Å². The molecule has 0 heterocycles. The van der Waals surface area contributed by atoms with Crippen LogP contribution < -0.4 is 5.32 Å². The highest BCUT2D eigenvalue weighted by Crippen LogP contribution is 2.13.